The Bertz CT molecular complexity index is 1300. The van der Waals surface area contributed by atoms with Crippen LogP contribution in [0.1, 0.15) is 62.8 Å². The molecule has 0 saturated heterocycles. The molecule has 2 aromatic heterocycles. The number of sulfonamides is 1. The second kappa shape index (κ2) is 8.07. The lowest BCUT2D eigenvalue weighted by Crippen LogP contribution is -2.17. The number of aromatic amines is 1. The van der Waals surface area contributed by atoms with E-state index in [1.54, 1.807) is 0 Å². The SMILES string of the molecule is CC(C)(C)c1csnc1O[C@@H]1CC[C@H](c2cc(Nc3ccc4c(c3F)CNS4(=O)=O)n[nH]2)C1. The number of ether oxygens (including phenoxy) is 1. The van der Waals surface area contributed by atoms with E-state index in [2.05, 4.69) is 50.8 Å². The summed E-state index contributed by atoms with van der Waals surface area (Å²) in [5.41, 5.74) is 2.41. The highest BCUT2D eigenvalue weighted by atomic mass is 32.2. The summed E-state index contributed by atoms with van der Waals surface area (Å²) in [6, 6.07) is 4.71. The number of aromatic nitrogens is 3. The van der Waals surface area contributed by atoms with Crippen molar-refractivity contribution in [2.24, 2.45) is 0 Å². The molecular weight excluding hydrogens is 465 g/mol. The maximum absolute atomic E-state index is 14.8. The van der Waals surface area contributed by atoms with Crippen molar-refractivity contribution in [3.05, 3.63) is 46.2 Å². The molecule has 3 aromatic rings. The van der Waals surface area contributed by atoms with Crippen molar-refractivity contribution >= 4 is 33.1 Å². The zero-order valence-corrected chi connectivity index (χ0v) is 20.2. The lowest BCUT2D eigenvalue weighted by molar-refractivity contribution is 0.197. The third kappa shape index (κ3) is 4.24. The van der Waals surface area contributed by atoms with Crippen LogP contribution in [0.3, 0.4) is 0 Å². The predicted molar refractivity (Wildman–Crippen MR) is 124 cm³/mol. The number of H-pyrrole nitrogens is 1. The number of hydrogen-bond acceptors (Lipinski definition) is 7. The van der Waals surface area contributed by atoms with E-state index in [1.807, 2.05) is 6.07 Å². The van der Waals surface area contributed by atoms with Gasteiger partial charge in [-0.05, 0) is 48.3 Å². The molecule has 0 amide bonds. The molecule has 176 valence electrons. The lowest BCUT2D eigenvalue weighted by atomic mass is 9.89. The Kier molecular flexibility index (Phi) is 5.45. The van der Waals surface area contributed by atoms with Crippen molar-refractivity contribution in [1.29, 1.82) is 0 Å². The van der Waals surface area contributed by atoms with E-state index in [1.165, 1.54) is 23.7 Å². The summed E-state index contributed by atoms with van der Waals surface area (Å²) in [4.78, 5) is -0.0139. The van der Waals surface area contributed by atoms with Crippen LogP contribution in [0.15, 0.2) is 28.5 Å². The Hall–Kier alpha value is -2.50. The van der Waals surface area contributed by atoms with Gasteiger partial charge >= 0.3 is 0 Å². The van der Waals surface area contributed by atoms with Gasteiger partial charge in [-0.3, -0.25) is 5.10 Å². The normalized spacial score (nSPS) is 21.8. The Balaban J connectivity index is 1.26. The zero-order valence-electron chi connectivity index (χ0n) is 18.6. The fourth-order valence-corrected chi connectivity index (χ4v) is 6.48. The van der Waals surface area contributed by atoms with Crippen LogP contribution in [0.2, 0.25) is 0 Å². The molecule has 1 saturated carbocycles. The highest BCUT2D eigenvalue weighted by molar-refractivity contribution is 7.89. The van der Waals surface area contributed by atoms with Crippen LogP contribution in [0.4, 0.5) is 15.9 Å². The fraction of sp³-hybridized carbons (Fsp3) is 0.455. The van der Waals surface area contributed by atoms with Gasteiger partial charge in [0, 0.05) is 40.7 Å². The van der Waals surface area contributed by atoms with E-state index in [0.29, 0.717) is 5.82 Å². The molecule has 1 aliphatic heterocycles. The Labute approximate surface area is 196 Å². The fourth-order valence-electron chi connectivity index (χ4n) is 4.41. The largest absolute Gasteiger partial charge is 0.474 e. The minimum Gasteiger partial charge on any atom is -0.474 e. The van der Waals surface area contributed by atoms with Gasteiger partial charge in [0.1, 0.15) is 6.10 Å². The highest BCUT2D eigenvalue weighted by Crippen LogP contribution is 2.39. The Morgan fingerprint density at radius 3 is 2.88 bits per heavy atom. The second-order valence-electron chi connectivity index (χ2n) is 9.60. The van der Waals surface area contributed by atoms with Crippen LogP contribution >= 0.6 is 11.5 Å². The zero-order chi connectivity index (χ0) is 23.4. The number of halogens is 1. The highest BCUT2D eigenvalue weighted by Gasteiger charge is 2.32. The molecule has 1 aliphatic carbocycles. The third-order valence-corrected chi connectivity index (χ3v) is 8.33. The van der Waals surface area contributed by atoms with E-state index in [-0.39, 0.29) is 40.1 Å². The predicted octanol–water partition coefficient (Wildman–Crippen LogP) is 4.55. The summed E-state index contributed by atoms with van der Waals surface area (Å²) in [7, 11) is -3.62. The number of hydrogen-bond donors (Lipinski definition) is 3. The van der Waals surface area contributed by atoms with Crippen molar-refractivity contribution in [3.8, 4) is 5.88 Å². The molecule has 3 N–H and O–H groups in total. The van der Waals surface area contributed by atoms with Gasteiger partial charge in [0.05, 0.1) is 10.6 Å². The van der Waals surface area contributed by atoms with Gasteiger partial charge in [0.2, 0.25) is 15.9 Å². The maximum atomic E-state index is 14.8. The molecule has 33 heavy (non-hydrogen) atoms. The van der Waals surface area contributed by atoms with Crippen LogP contribution in [-0.4, -0.2) is 29.1 Å². The van der Waals surface area contributed by atoms with Crippen molar-refractivity contribution in [3.63, 3.8) is 0 Å². The van der Waals surface area contributed by atoms with E-state index in [9.17, 15) is 12.8 Å². The topological polar surface area (TPSA) is 109 Å². The first-order valence-electron chi connectivity index (χ1n) is 10.9. The van der Waals surface area contributed by atoms with Gasteiger partial charge in [0.15, 0.2) is 11.6 Å². The van der Waals surface area contributed by atoms with Crippen LogP contribution in [-0.2, 0) is 22.0 Å². The summed E-state index contributed by atoms with van der Waals surface area (Å²) in [6.07, 6.45) is 2.81. The van der Waals surface area contributed by atoms with E-state index < -0.39 is 15.8 Å². The van der Waals surface area contributed by atoms with E-state index in [0.717, 1.165) is 36.4 Å². The molecule has 0 radical (unpaired) electrons. The molecule has 0 bridgehead atoms. The van der Waals surface area contributed by atoms with Gasteiger partial charge in [-0.25, -0.2) is 17.5 Å². The quantitative estimate of drug-likeness (QED) is 0.483. The molecule has 8 nitrogen and oxygen atoms in total. The number of anilines is 2. The summed E-state index contributed by atoms with van der Waals surface area (Å²) < 4.78 is 51.6. The van der Waals surface area contributed by atoms with Gasteiger partial charge in [0.25, 0.3) is 0 Å². The first-order valence-corrected chi connectivity index (χ1v) is 13.2. The van der Waals surface area contributed by atoms with E-state index in [4.69, 9.17) is 4.74 Å². The number of rotatable bonds is 5. The average molecular weight is 492 g/mol. The van der Waals surface area contributed by atoms with Crippen molar-refractivity contribution in [2.75, 3.05) is 5.32 Å². The smallest absolute Gasteiger partial charge is 0.241 e. The summed E-state index contributed by atoms with van der Waals surface area (Å²) in [5, 5.41) is 12.4. The standard InChI is InChI=1S/C22H26FN5O3S2/c1-22(2,3)15-11-32-28-21(15)31-13-5-4-12(8-13)17-9-19(27-26-17)25-16-6-7-18-14(20(16)23)10-24-33(18,29)30/h6-7,9,11-13,24H,4-5,8,10H2,1-3H3,(H2,25,26,27)/t12-,13+/m0/s1. The second-order valence-corrected chi connectivity index (χ2v) is 12.0. The Morgan fingerprint density at radius 1 is 1.27 bits per heavy atom. The first-order chi connectivity index (χ1) is 15.6. The number of benzene rings is 1. The molecule has 2 aliphatic rings. The van der Waals surface area contributed by atoms with E-state index >= 15 is 0 Å². The van der Waals surface area contributed by atoms with Gasteiger partial charge < -0.3 is 10.1 Å². The van der Waals surface area contributed by atoms with Crippen LogP contribution in [0.5, 0.6) is 5.88 Å². The molecule has 5 rings (SSSR count). The first kappa shape index (κ1) is 22.3. The molecule has 1 fully saturated rings. The van der Waals surface area contributed by atoms with Crippen LogP contribution < -0.4 is 14.8 Å². The van der Waals surface area contributed by atoms with Gasteiger partial charge in [-0.1, -0.05) is 20.8 Å². The van der Waals surface area contributed by atoms with Gasteiger partial charge in [-0.2, -0.15) is 9.47 Å². The van der Waals surface area contributed by atoms with Crippen molar-refractivity contribution in [1.82, 2.24) is 19.3 Å². The van der Waals surface area contributed by atoms with Crippen LogP contribution in [0.25, 0.3) is 0 Å². The van der Waals surface area contributed by atoms with Gasteiger partial charge in [-0.15, -0.1) is 0 Å². The molecule has 0 unspecified atom stereocenters. The van der Waals surface area contributed by atoms with Crippen molar-refractivity contribution in [2.45, 2.75) is 68.9 Å². The molecule has 11 heteroatoms. The minimum absolute atomic E-state index is 0.0139. The van der Waals surface area contributed by atoms with Crippen molar-refractivity contribution < 1.29 is 17.5 Å². The third-order valence-electron chi connectivity index (χ3n) is 6.24. The molecule has 3 heterocycles. The number of nitrogens with one attached hydrogen (secondary N) is 3. The summed E-state index contributed by atoms with van der Waals surface area (Å²) in [5.74, 6) is 0.886. The maximum Gasteiger partial charge on any atom is 0.241 e. The summed E-state index contributed by atoms with van der Waals surface area (Å²) in [6.45, 7) is 6.41. The molecule has 0 spiro atoms. The average Bonchev–Trinajstić information content (AvgIpc) is 3.51. The molecular formula is C22H26FN5O3S2. The monoisotopic (exact) mass is 491 g/mol. The van der Waals surface area contributed by atoms with Crippen LogP contribution in [0, 0.1) is 5.82 Å². The number of fused-ring (bicyclic) bond motifs is 1. The summed E-state index contributed by atoms with van der Waals surface area (Å²) >= 11 is 1.42. The Morgan fingerprint density at radius 2 is 2.09 bits per heavy atom. The lowest BCUT2D eigenvalue weighted by Gasteiger charge is -2.20. The molecule has 2 atom stereocenters. The minimum atomic E-state index is -3.62. The number of nitrogens with zero attached hydrogens (tertiary/aromatic N) is 2. The molecule has 1 aromatic carbocycles.